The van der Waals surface area contributed by atoms with E-state index in [9.17, 15) is 17.9 Å². The second-order valence-electron chi connectivity index (χ2n) is 5.03. The summed E-state index contributed by atoms with van der Waals surface area (Å²) in [7, 11) is -3.80. The summed E-state index contributed by atoms with van der Waals surface area (Å²) in [6.07, 6.45) is 1.80. The number of halogens is 2. The highest BCUT2D eigenvalue weighted by molar-refractivity contribution is 7.89. The third kappa shape index (κ3) is 3.45. The maximum atomic E-state index is 13.0. The van der Waals surface area contributed by atoms with Crippen LogP contribution in [-0.2, 0) is 10.0 Å². The van der Waals surface area contributed by atoms with E-state index in [4.69, 9.17) is 11.6 Å². The smallest absolute Gasteiger partial charge is 0.240 e. The van der Waals surface area contributed by atoms with Gasteiger partial charge in [-0.15, -0.1) is 0 Å². The number of nitrogens with one attached hydrogen (secondary N) is 1. The van der Waals surface area contributed by atoms with Gasteiger partial charge in [0.2, 0.25) is 10.0 Å². The molecule has 0 spiro atoms. The lowest BCUT2D eigenvalue weighted by Crippen LogP contribution is -2.42. The summed E-state index contributed by atoms with van der Waals surface area (Å²) in [6.45, 7) is 1.53. The molecular weight excluding hydrogens is 293 g/mol. The zero-order valence-electron chi connectivity index (χ0n) is 10.4. The van der Waals surface area contributed by atoms with Crippen molar-refractivity contribution in [3.8, 4) is 0 Å². The second kappa shape index (κ2) is 5.01. The van der Waals surface area contributed by atoms with Crippen molar-refractivity contribution in [3.05, 3.63) is 29.0 Å². The normalized spacial score (nSPS) is 19.2. The Balaban J connectivity index is 2.11. The van der Waals surface area contributed by atoms with E-state index in [2.05, 4.69) is 4.72 Å². The highest BCUT2D eigenvalue weighted by Gasteiger charge is 2.40. The van der Waals surface area contributed by atoms with Gasteiger partial charge >= 0.3 is 0 Å². The van der Waals surface area contributed by atoms with Gasteiger partial charge in [-0.3, -0.25) is 0 Å². The highest BCUT2D eigenvalue weighted by Crippen LogP contribution is 2.39. The molecule has 2 N–H and O–H groups in total. The Bertz CT molecular complexity index is 585. The Morgan fingerprint density at radius 1 is 1.53 bits per heavy atom. The van der Waals surface area contributed by atoms with E-state index in [1.54, 1.807) is 6.92 Å². The molecule has 0 amide bonds. The molecule has 0 saturated heterocycles. The molecule has 4 nitrogen and oxygen atoms in total. The molecule has 19 heavy (non-hydrogen) atoms. The van der Waals surface area contributed by atoms with Gasteiger partial charge in [0, 0.05) is 6.54 Å². The number of hydrogen-bond acceptors (Lipinski definition) is 3. The zero-order valence-corrected chi connectivity index (χ0v) is 11.9. The van der Waals surface area contributed by atoms with E-state index < -0.39 is 21.4 Å². The molecule has 0 heterocycles. The Morgan fingerprint density at radius 3 is 2.68 bits per heavy atom. The predicted molar refractivity (Wildman–Crippen MR) is 69.9 cm³/mol. The standard InChI is InChI=1S/C12H15ClFNO3S/c1-12(16,8-2-3-8)7-15-19(17,18)9-4-5-11(14)10(13)6-9/h4-6,8,15-16H,2-3,7H2,1H3. The van der Waals surface area contributed by atoms with Gasteiger partial charge < -0.3 is 5.11 Å². The minimum absolute atomic E-state index is 0.0744. The summed E-state index contributed by atoms with van der Waals surface area (Å²) in [6, 6.07) is 3.18. The average molecular weight is 308 g/mol. The zero-order chi connectivity index (χ0) is 14.3. The van der Waals surface area contributed by atoms with Crippen molar-refractivity contribution in [2.75, 3.05) is 6.54 Å². The topological polar surface area (TPSA) is 66.4 Å². The van der Waals surface area contributed by atoms with Crippen LogP contribution in [0.1, 0.15) is 19.8 Å². The van der Waals surface area contributed by atoms with Gasteiger partial charge in [0.05, 0.1) is 15.5 Å². The number of aliphatic hydroxyl groups is 1. The van der Waals surface area contributed by atoms with Gasteiger partial charge in [0.15, 0.2) is 0 Å². The van der Waals surface area contributed by atoms with Crippen LogP contribution in [0.4, 0.5) is 4.39 Å². The van der Waals surface area contributed by atoms with Crippen molar-refractivity contribution in [2.24, 2.45) is 5.92 Å². The van der Waals surface area contributed by atoms with E-state index >= 15 is 0 Å². The Hall–Kier alpha value is -0.690. The van der Waals surface area contributed by atoms with Crippen LogP contribution in [0, 0.1) is 11.7 Å². The molecule has 1 unspecified atom stereocenters. The van der Waals surface area contributed by atoms with Crippen molar-refractivity contribution in [1.29, 1.82) is 0 Å². The summed E-state index contributed by atoms with van der Waals surface area (Å²) in [5, 5.41) is 9.80. The molecule has 0 bridgehead atoms. The maximum Gasteiger partial charge on any atom is 0.240 e. The number of sulfonamides is 1. The molecule has 1 fully saturated rings. The summed E-state index contributed by atoms with van der Waals surface area (Å²) < 4.78 is 39.3. The van der Waals surface area contributed by atoms with Crippen LogP contribution in [0.3, 0.4) is 0 Å². The first-order valence-corrected chi connectivity index (χ1v) is 7.75. The Labute approximate surface area is 116 Å². The van der Waals surface area contributed by atoms with Crippen molar-refractivity contribution in [2.45, 2.75) is 30.3 Å². The van der Waals surface area contributed by atoms with E-state index in [0.717, 1.165) is 31.0 Å². The fourth-order valence-electron chi connectivity index (χ4n) is 1.82. The SMILES string of the molecule is CC(O)(CNS(=O)(=O)c1ccc(F)c(Cl)c1)C1CC1. The van der Waals surface area contributed by atoms with Crippen molar-refractivity contribution < 1.29 is 17.9 Å². The quantitative estimate of drug-likeness (QED) is 0.873. The summed E-state index contributed by atoms with van der Waals surface area (Å²) >= 11 is 5.55. The van der Waals surface area contributed by atoms with Gasteiger partial charge in [0.1, 0.15) is 5.82 Å². The molecule has 1 aliphatic rings. The van der Waals surface area contributed by atoms with Crippen molar-refractivity contribution >= 4 is 21.6 Å². The van der Waals surface area contributed by atoms with Gasteiger partial charge in [0.25, 0.3) is 0 Å². The molecule has 1 aliphatic carbocycles. The molecule has 1 aromatic carbocycles. The average Bonchev–Trinajstić information content (AvgIpc) is 3.14. The van der Waals surface area contributed by atoms with Gasteiger partial charge in [-0.05, 0) is 43.9 Å². The first-order chi connectivity index (χ1) is 8.72. The molecule has 0 aliphatic heterocycles. The van der Waals surface area contributed by atoms with Gasteiger partial charge in [-0.25, -0.2) is 17.5 Å². The Morgan fingerprint density at radius 2 is 2.16 bits per heavy atom. The van der Waals surface area contributed by atoms with Gasteiger partial charge in [-0.1, -0.05) is 11.6 Å². The molecule has 0 radical (unpaired) electrons. The lowest BCUT2D eigenvalue weighted by Gasteiger charge is -2.23. The minimum Gasteiger partial charge on any atom is -0.389 e. The number of rotatable bonds is 5. The molecule has 106 valence electrons. The fourth-order valence-corrected chi connectivity index (χ4v) is 3.23. The first kappa shape index (κ1) is 14.7. The fraction of sp³-hybridized carbons (Fsp3) is 0.500. The van der Waals surface area contributed by atoms with Gasteiger partial charge in [-0.2, -0.15) is 0 Å². The monoisotopic (exact) mass is 307 g/mol. The summed E-state index contributed by atoms with van der Waals surface area (Å²) in [5.41, 5.74) is -1.06. The Kier molecular flexibility index (Phi) is 3.88. The molecule has 1 saturated carbocycles. The maximum absolute atomic E-state index is 13.0. The third-order valence-corrected chi connectivity index (χ3v) is 4.97. The van der Waals surface area contributed by atoms with Crippen LogP contribution in [-0.4, -0.2) is 25.7 Å². The van der Waals surface area contributed by atoms with Crippen LogP contribution in [0.25, 0.3) is 0 Å². The van der Waals surface area contributed by atoms with Crippen LogP contribution in [0.5, 0.6) is 0 Å². The van der Waals surface area contributed by atoms with Crippen LogP contribution in [0.15, 0.2) is 23.1 Å². The van der Waals surface area contributed by atoms with Crippen LogP contribution >= 0.6 is 11.6 Å². The van der Waals surface area contributed by atoms with Crippen LogP contribution < -0.4 is 4.72 Å². The summed E-state index contributed by atoms with van der Waals surface area (Å²) in [5.74, 6) is -0.544. The molecule has 2 rings (SSSR count). The van der Waals surface area contributed by atoms with Crippen molar-refractivity contribution in [1.82, 2.24) is 4.72 Å². The predicted octanol–water partition coefficient (Wildman–Crippen LogP) is 1.92. The lowest BCUT2D eigenvalue weighted by atomic mass is 10.0. The second-order valence-corrected chi connectivity index (χ2v) is 7.21. The highest BCUT2D eigenvalue weighted by atomic mass is 35.5. The van der Waals surface area contributed by atoms with E-state index in [-0.39, 0.29) is 22.4 Å². The molecule has 0 aromatic heterocycles. The van der Waals surface area contributed by atoms with Crippen LogP contribution in [0.2, 0.25) is 5.02 Å². The number of hydrogen-bond donors (Lipinski definition) is 2. The van der Waals surface area contributed by atoms with Crippen molar-refractivity contribution in [3.63, 3.8) is 0 Å². The summed E-state index contributed by atoms with van der Waals surface area (Å²) in [4.78, 5) is -0.120. The largest absolute Gasteiger partial charge is 0.389 e. The molecule has 7 heteroatoms. The van der Waals surface area contributed by atoms with E-state index in [1.165, 1.54) is 0 Å². The van der Waals surface area contributed by atoms with E-state index in [0.29, 0.717) is 0 Å². The molecule has 1 atom stereocenters. The van der Waals surface area contributed by atoms with E-state index in [1.807, 2.05) is 0 Å². The number of benzene rings is 1. The minimum atomic E-state index is -3.80. The first-order valence-electron chi connectivity index (χ1n) is 5.89. The molecule has 1 aromatic rings. The lowest BCUT2D eigenvalue weighted by molar-refractivity contribution is 0.0422. The third-order valence-electron chi connectivity index (χ3n) is 3.28. The molecular formula is C12H15ClFNO3S.